The number of para-hydroxylation sites is 1. The first-order valence-electron chi connectivity index (χ1n) is 10.1. The average Bonchev–Trinajstić information content (AvgIpc) is 3.18. The van der Waals surface area contributed by atoms with Crippen molar-refractivity contribution < 1.29 is 13.2 Å². The fourth-order valence-corrected chi connectivity index (χ4v) is 4.77. The summed E-state index contributed by atoms with van der Waals surface area (Å²) in [6.45, 7) is 0.446. The first-order chi connectivity index (χ1) is 15.8. The summed E-state index contributed by atoms with van der Waals surface area (Å²) in [6.07, 6.45) is 1.54. The van der Waals surface area contributed by atoms with Gasteiger partial charge in [-0.25, -0.2) is 13.2 Å². The van der Waals surface area contributed by atoms with Gasteiger partial charge < -0.3 is 4.90 Å². The number of amides is 1. The fourth-order valence-electron chi connectivity index (χ4n) is 3.38. The summed E-state index contributed by atoms with van der Waals surface area (Å²) < 4.78 is 28.5. The molecular formula is C21H21ClN6O4S. The van der Waals surface area contributed by atoms with E-state index in [1.54, 1.807) is 30.3 Å². The third-order valence-corrected chi connectivity index (χ3v) is 7.07. The number of aromatic nitrogens is 4. The van der Waals surface area contributed by atoms with Crippen LogP contribution in [-0.4, -0.2) is 69.5 Å². The molecule has 2 heterocycles. The third kappa shape index (κ3) is 5.21. The van der Waals surface area contributed by atoms with E-state index >= 15 is 0 Å². The van der Waals surface area contributed by atoms with Crippen molar-refractivity contribution in [2.45, 2.75) is 6.54 Å². The molecule has 1 aliphatic heterocycles. The zero-order valence-corrected chi connectivity index (χ0v) is 19.1. The van der Waals surface area contributed by atoms with Crippen LogP contribution in [0.1, 0.15) is 5.56 Å². The SMILES string of the molecule is O=C(Cn1nnn(-c2ccccc2Cl)c1=O)N1CCN(S(=O)(=O)/C=C/c2ccccc2)CC1. The Morgan fingerprint density at radius 3 is 2.33 bits per heavy atom. The second kappa shape index (κ2) is 9.69. The number of tetrazole rings is 1. The maximum atomic E-state index is 12.7. The zero-order valence-electron chi connectivity index (χ0n) is 17.5. The van der Waals surface area contributed by atoms with E-state index in [9.17, 15) is 18.0 Å². The van der Waals surface area contributed by atoms with E-state index in [4.69, 9.17) is 11.6 Å². The Labute approximate surface area is 195 Å². The summed E-state index contributed by atoms with van der Waals surface area (Å²) >= 11 is 6.10. The van der Waals surface area contributed by atoms with Gasteiger partial charge in [0.15, 0.2) is 0 Å². The molecule has 3 aromatic rings. The molecule has 4 rings (SSSR count). The second-order valence-corrected chi connectivity index (χ2v) is 9.55. The maximum Gasteiger partial charge on any atom is 0.369 e. The lowest BCUT2D eigenvalue weighted by Crippen LogP contribution is -2.51. The summed E-state index contributed by atoms with van der Waals surface area (Å²) in [4.78, 5) is 26.8. The molecular weight excluding hydrogens is 468 g/mol. The number of hydrogen-bond donors (Lipinski definition) is 0. The lowest BCUT2D eigenvalue weighted by Gasteiger charge is -2.33. The van der Waals surface area contributed by atoms with E-state index in [-0.39, 0.29) is 38.6 Å². The smallest absolute Gasteiger partial charge is 0.338 e. The minimum atomic E-state index is -3.61. The lowest BCUT2D eigenvalue weighted by atomic mass is 10.2. The van der Waals surface area contributed by atoms with Crippen LogP contribution in [0.2, 0.25) is 5.02 Å². The van der Waals surface area contributed by atoms with E-state index in [0.29, 0.717) is 10.7 Å². The first kappa shape index (κ1) is 22.9. The highest BCUT2D eigenvalue weighted by Gasteiger charge is 2.28. The van der Waals surface area contributed by atoms with Crippen molar-refractivity contribution in [2.75, 3.05) is 26.2 Å². The van der Waals surface area contributed by atoms with Crippen LogP contribution in [0.25, 0.3) is 11.8 Å². The highest BCUT2D eigenvalue weighted by molar-refractivity contribution is 7.92. The lowest BCUT2D eigenvalue weighted by molar-refractivity contribution is -0.133. The molecule has 0 N–H and O–H groups in total. The molecule has 0 radical (unpaired) electrons. The van der Waals surface area contributed by atoms with Crippen LogP contribution in [0.3, 0.4) is 0 Å². The molecule has 33 heavy (non-hydrogen) atoms. The largest absolute Gasteiger partial charge is 0.369 e. The number of nitrogens with zero attached hydrogens (tertiary/aromatic N) is 6. The molecule has 0 spiro atoms. The molecule has 1 saturated heterocycles. The Morgan fingerprint density at radius 2 is 1.64 bits per heavy atom. The molecule has 0 unspecified atom stereocenters. The zero-order chi connectivity index (χ0) is 23.4. The van der Waals surface area contributed by atoms with Gasteiger partial charge in [-0.1, -0.05) is 54.1 Å². The monoisotopic (exact) mass is 488 g/mol. The second-order valence-electron chi connectivity index (χ2n) is 7.32. The van der Waals surface area contributed by atoms with E-state index in [0.717, 1.165) is 14.9 Å². The molecule has 12 heteroatoms. The molecule has 172 valence electrons. The van der Waals surface area contributed by atoms with Gasteiger partial charge in [-0.2, -0.15) is 13.7 Å². The minimum absolute atomic E-state index is 0.161. The predicted molar refractivity (Wildman–Crippen MR) is 123 cm³/mol. The Hall–Kier alpha value is -3.28. The van der Waals surface area contributed by atoms with Gasteiger partial charge in [0.05, 0.1) is 10.7 Å². The summed E-state index contributed by atoms with van der Waals surface area (Å²) in [5.74, 6) is -0.347. The van der Waals surface area contributed by atoms with Crippen molar-refractivity contribution in [3.8, 4) is 5.69 Å². The van der Waals surface area contributed by atoms with Crippen molar-refractivity contribution in [1.82, 2.24) is 29.0 Å². The Balaban J connectivity index is 1.37. The van der Waals surface area contributed by atoms with Crippen LogP contribution >= 0.6 is 11.6 Å². The van der Waals surface area contributed by atoms with Gasteiger partial charge in [-0.3, -0.25) is 4.79 Å². The van der Waals surface area contributed by atoms with Gasteiger partial charge in [0.1, 0.15) is 6.54 Å². The van der Waals surface area contributed by atoms with Gasteiger partial charge in [-0.05, 0) is 34.2 Å². The summed E-state index contributed by atoms with van der Waals surface area (Å²) in [6, 6.07) is 15.8. The highest BCUT2D eigenvalue weighted by Crippen LogP contribution is 2.17. The van der Waals surface area contributed by atoms with Crippen LogP contribution in [0, 0.1) is 0 Å². The maximum absolute atomic E-state index is 12.7. The number of carbonyl (C=O) groups is 1. The van der Waals surface area contributed by atoms with Gasteiger partial charge >= 0.3 is 5.69 Å². The molecule has 1 aromatic heterocycles. The van der Waals surface area contributed by atoms with Crippen LogP contribution in [0.4, 0.5) is 0 Å². The molecule has 1 fully saturated rings. The van der Waals surface area contributed by atoms with Crippen molar-refractivity contribution in [1.29, 1.82) is 0 Å². The van der Waals surface area contributed by atoms with Crippen LogP contribution in [0.15, 0.2) is 64.8 Å². The molecule has 0 saturated carbocycles. The quantitative estimate of drug-likeness (QED) is 0.516. The molecule has 1 amide bonds. The molecule has 0 bridgehead atoms. The number of hydrogen-bond acceptors (Lipinski definition) is 6. The summed E-state index contributed by atoms with van der Waals surface area (Å²) in [7, 11) is -3.61. The fraction of sp³-hybridized carbons (Fsp3) is 0.238. The number of benzene rings is 2. The molecule has 1 aliphatic rings. The molecule has 10 nitrogen and oxygen atoms in total. The van der Waals surface area contributed by atoms with E-state index < -0.39 is 15.7 Å². The molecule has 2 aromatic carbocycles. The minimum Gasteiger partial charge on any atom is -0.338 e. The van der Waals surface area contributed by atoms with E-state index in [1.165, 1.54) is 14.6 Å². The van der Waals surface area contributed by atoms with E-state index in [2.05, 4.69) is 10.4 Å². The predicted octanol–water partition coefficient (Wildman–Crippen LogP) is 1.23. The van der Waals surface area contributed by atoms with Crippen molar-refractivity contribution in [3.63, 3.8) is 0 Å². The Kier molecular flexibility index (Phi) is 6.72. The van der Waals surface area contributed by atoms with Gasteiger partial charge in [-0.15, -0.1) is 0 Å². The average molecular weight is 489 g/mol. The van der Waals surface area contributed by atoms with Crippen molar-refractivity contribution in [2.24, 2.45) is 0 Å². The molecule has 0 atom stereocenters. The Morgan fingerprint density at radius 1 is 0.970 bits per heavy atom. The number of carbonyl (C=O) groups excluding carboxylic acids is 1. The van der Waals surface area contributed by atoms with Gasteiger partial charge in [0, 0.05) is 31.6 Å². The van der Waals surface area contributed by atoms with Crippen LogP contribution in [-0.2, 0) is 21.4 Å². The molecule has 0 aliphatic carbocycles. The standard InChI is InChI=1S/C21H21ClN6O4S/c22-18-8-4-5-9-19(18)28-21(30)27(23-24-28)16-20(29)25-11-13-26(14-12-25)33(31,32)15-10-17-6-2-1-3-7-17/h1-10,15H,11-14,16H2/b15-10+. The summed E-state index contributed by atoms with van der Waals surface area (Å²) in [5, 5.41) is 9.08. The van der Waals surface area contributed by atoms with Crippen LogP contribution < -0.4 is 5.69 Å². The third-order valence-electron chi connectivity index (χ3n) is 5.19. The highest BCUT2D eigenvalue weighted by atomic mass is 35.5. The summed E-state index contributed by atoms with van der Waals surface area (Å²) in [5.41, 5.74) is 0.555. The van der Waals surface area contributed by atoms with Crippen LogP contribution in [0.5, 0.6) is 0 Å². The van der Waals surface area contributed by atoms with Gasteiger partial charge in [0.2, 0.25) is 15.9 Å². The van der Waals surface area contributed by atoms with Crippen molar-refractivity contribution in [3.05, 3.63) is 81.1 Å². The Bertz CT molecular complexity index is 1330. The first-order valence-corrected chi connectivity index (χ1v) is 12.0. The number of halogens is 1. The van der Waals surface area contributed by atoms with Gasteiger partial charge in [0.25, 0.3) is 0 Å². The van der Waals surface area contributed by atoms with Crippen molar-refractivity contribution >= 4 is 33.6 Å². The number of sulfonamides is 1. The number of rotatable bonds is 6. The topological polar surface area (TPSA) is 110 Å². The van der Waals surface area contributed by atoms with E-state index in [1.807, 2.05) is 30.3 Å². The number of piperazine rings is 1. The normalized spacial score (nSPS) is 15.2.